The third kappa shape index (κ3) is 3.57. The smallest absolute Gasteiger partial charge is 0.435 e. The normalized spacial score (nSPS) is 13.4. The molecule has 1 heterocycles. The number of halogens is 3. The van der Waals surface area contributed by atoms with Crippen molar-refractivity contribution in [3.05, 3.63) is 17.8 Å². The molecule has 100 valence electrons. The minimum atomic E-state index is -4.56. The molecule has 0 amide bonds. The van der Waals surface area contributed by atoms with Crippen molar-refractivity contribution in [1.82, 2.24) is 10.2 Å². The van der Waals surface area contributed by atoms with Crippen LogP contribution >= 0.6 is 0 Å². The fourth-order valence-corrected chi connectivity index (χ4v) is 1.23. The Morgan fingerprint density at radius 3 is 2.28 bits per heavy atom. The van der Waals surface area contributed by atoms with Crippen LogP contribution in [0.4, 0.5) is 19.0 Å². The number of carbonyl (C=O) groups is 1. The van der Waals surface area contributed by atoms with Crippen LogP contribution < -0.4 is 5.32 Å². The molecule has 0 aliphatic heterocycles. The number of hydrogen-bond donors (Lipinski definition) is 2. The van der Waals surface area contributed by atoms with Crippen LogP contribution in [-0.4, -0.2) is 27.3 Å². The van der Waals surface area contributed by atoms with E-state index in [0.717, 1.165) is 12.1 Å². The molecule has 0 aliphatic carbocycles. The van der Waals surface area contributed by atoms with Crippen LogP contribution in [0.3, 0.4) is 0 Å². The average molecular weight is 263 g/mol. The molecule has 0 aliphatic rings. The van der Waals surface area contributed by atoms with Crippen molar-refractivity contribution in [3.8, 4) is 0 Å². The molecule has 1 rings (SSSR count). The van der Waals surface area contributed by atoms with Crippen LogP contribution in [0.25, 0.3) is 0 Å². The van der Waals surface area contributed by atoms with Crippen LogP contribution in [0.1, 0.15) is 19.5 Å². The van der Waals surface area contributed by atoms with Crippen molar-refractivity contribution >= 4 is 11.8 Å². The molecule has 0 saturated carbocycles. The summed E-state index contributed by atoms with van der Waals surface area (Å²) in [6, 6.07) is 0.860. The summed E-state index contributed by atoms with van der Waals surface area (Å²) in [6.45, 7) is 3.34. The zero-order valence-electron chi connectivity index (χ0n) is 9.69. The minimum Gasteiger partial charge on any atom is -0.480 e. The molecule has 1 aromatic rings. The maximum atomic E-state index is 12.2. The summed E-state index contributed by atoms with van der Waals surface area (Å²) in [5, 5.41) is 17.7. The summed E-state index contributed by atoms with van der Waals surface area (Å²) >= 11 is 0. The number of anilines is 1. The zero-order valence-corrected chi connectivity index (χ0v) is 9.69. The van der Waals surface area contributed by atoms with Crippen LogP contribution in [0.15, 0.2) is 12.1 Å². The maximum absolute atomic E-state index is 12.2. The van der Waals surface area contributed by atoms with Gasteiger partial charge in [-0.25, -0.2) is 4.79 Å². The number of aromatic nitrogens is 2. The molecule has 0 fully saturated rings. The lowest BCUT2D eigenvalue weighted by atomic mass is 10.1. The number of nitrogens with one attached hydrogen (secondary N) is 1. The Kier molecular flexibility index (Phi) is 4.10. The SMILES string of the molecule is CC(C)[C@@H](Nc1ccc(C(F)(F)F)nn1)C(=O)O. The van der Waals surface area contributed by atoms with E-state index in [1.54, 1.807) is 13.8 Å². The molecule has 0 aromatic carbocycles. The Morgan fingerprint density at radius 2 is 1.94 bits per heavy atom. The average Bonchev–Trinajstić information content (AvgIpc) is 2.24. The lowest BCUT2D eigenvalue weighted by Gasteiger charge is -2.18. The van der Waals surface area contributed by atoms with Gasteiger partial charge in [0.2, 0.25) is 0 Å². The van der Waals surface area contributed by atoms with Gasteiger partial charge in [0.15, 0.2) is 5.69 Å². The highest BCUT2D eigenvalue weighted by atomic mass is 19.4. The van der Waals surface area contributed by atoms with Gasteiger partial charge in [0.25, 0.3) is 0 Å². The topological polar surface area (TPSA) is 75.1 Å². The molecule has 5 nitrogen and oxygen atoms in total. The molecule has 0 saturated heterocycles. The van der Waals surface area contributed by atoms with Gasteiger partial charge in [0.05, 0.1) is 0 Å². The first-order valence-electron chi connectivity index (χ1n) is 5.12. The van der Waals surface area contributed by atoms with E-state index in [4.69, 9.17) is 5.11 Å². The Labute approximate surface area is 101 Å². The molecular weight excluding hydrogens is 251 g/mol. The predicted octanol–water partition coefficient (Wildman–Crippen LogP) is 2.02. The summed E-state index contributed by atoms with van der Waals surface area (Å²) in [5.74, 6) is -1.36. The second-order valence-corrected chi connectivity index (χ2v) is 4.01. The number of hydrogen-bond acceptors (Lipinski definition) is 4. The van der Waals surface area contributed by atoms with Crippen molar-refractivity contribution in [2.75, 3.05) is 5.32 Å². The van der Waals surface area contributed by atoms with Crippen LogP contribution in [0, 0.1) is 5.92 Å². The van der Waals surface area contributed by atoms with Gasteiger partial charge in [-0.3, -0.25) is 0 Å². The van der Waals surface area contributed by atoms with Gasteiger partial charge in [0, 0.05) is 0 Å². The number of aliphatic carboxylic acids is 1. The molecule has 1 atom stereocenters. The summed E-state index contributed by atoms with van der Waals surface area (Å²) < 4.78 is 36.7. The summed E-state index contributed by atoms with van der Waals surface area (Å²) in [5.41, 5.74) is -1.12. The highest BCUT2D eigenvalue weighted by Gasteiger charge is 2.33. The first kappa shape index (κ1) is 14.2. The number of alkyl halides is 3. The van der Waals surface area contributed by atoms with Crippen molar-refractivity contribution in [2.45, 2.75) is 26.1 Å². The third-order valence-corrected chi connectivity index (χ3v) is 2.19. The van der Waals surface area contributed by atoms with E-state index < -0.39 is 23.9 Å². The van der Waals surface area contributed by atoms with E-state index in [0.29, 0.717) is 0 Å². The largest absolute Gasteiger partial charge is 0.480 e. The molecular formula is C10H12F3N3O2. The van der Waals surface area contributed by atoms with E-state index in [2.05, 4.69) is 15.5 Å². The van der Waals surface area contributed by atoms with Crippen LogP contribution in [-0.2, 0) is 11.0 Å². The van der Waals surface area contributed by atoms with Crippen molar-refractivity contribution in [3.63, 3.8) is 0 Å². The highest BCUT2D eigenvalue weighted by molar-refractivity contribution is 5.77. The summed E-state index contributed by atoms with van der Waals surface area (Å²) in [7, 11) is 0. The fourth-order valence-electron chi connectivity index (χ4n) is 1.23. The Hall–Kier alpha value is -1.86. The molecule has 8 heteroatoms. The summed E-state index contributed by atoms with van der Waals surface area (Å²) in [6.07, 6.45) is -4.56. The fraction of sp³-hybridized carbons (Fsp3) is 0.500. The lowest BCUT2D eigenvalue weighted by molar-refractivity contribution is -0.142. The lowest BCUT2D eigenvalue weighted by Crippen LogP contribution is -2.34. The van der Waals surface area contributed by atoms with E-state index in [9.17, 15) is 18.0 Å². The van der Waals surface area contributed by atoms with Crippen molar-refractivity contribution < 1.29 is 23.1 Å². The second kappa shape index (κ2) is 5.19. The monoisotopic (exact) mass is 263 g/mol. The quantitative estimate of drug-likeness (QED) is 0.869. The van der Waals surface area contributed by atoms with Gasteiger partial charge in [-0.15, -0.1) is 10.2 Å². The van der Waals surface area contributed by atoms with Gasteiger partial charge < -0.3 is 10.4 Å². The van der Waals surface area contributed by atoms with Crippen molar-refractivity contribution in [1.29, 1.82) is 0 Å². The Bertz CT molecular complexity index is 417. The maximum Gasteiger partial charge on any atom is 0.435 e. The number of carboxylic acids is 1. The third-order valence-electron chi connectivity index (χ3n) is 2.19. The van der Waals surface area contributed by atoms with Crippen LogP contribution in [0.2, 0.25) is 0 Å². The molecule has 0 spiro atoms. The zero-order chi connectivity index (χ0) is 13.9. The Morgan fingerprint density at radius 1 is 1.33 bits per heavy atom. The first-order chi connectivity index (χ1) is 8.21. The van der Waals surface area contributed by atoms with E-state index in [-0.39, 0.29) is 11.7 Å². The van der Waals surface area contributed by atoms with Gasteiger partial charge >= 0.3 is 12.1 Å². The molecule has 18 heavy (non-hydrogen) atoms. The van der Waals surface area contributed by atoms with E-state index in [1.165, 1.54) is 0 Å². The first-order valence-corrected chi connectivity index (χ1v) is 5.12. The van der Waals surface area contributed by atoms with Gasteiger partial charge in [0.1, 0.15) is 11.9 Å². The van der Waals surface area contributed by atoms with Crippen molar-refractivity contribution in [2.24, 2.45) is 5.92 Å². The molecule has 1 aromatic heterocycles. The van der Waals surface area contributed by atoms with Gasteiger partial charge in [-0.1, -0.05) is 13.8 Å². The molecule has 0 bridgehead atoms. The minimum absolute atomic E-state index is 0.0101. The van der Waals surface area contributed by atoms with Gasteiger partial charge in [-0.05, 0) is 18.1 Å². The van der Waals surface area contributed by atoms with Gasteiger partial charge in [-0.2, -0.15) is 13.2 Å². The van der Waals surface area contributed by atoms with Crippen LogP contribution in [0.5, 0.6) is 0 Å². The summed E-state index contributed by atoms with van der Waals surface area (Å²) in [4.78, 5) is 10.9. The number of nitrogens with zero attached hydrogens (tertiary/aromatic N) is 2. The molecule has 2 N–H and O–H groups in total. The van der Waals surface area contributed by atoms with E-state index in [1.807, 2.05) is 0 Å². The van der Waals surface area contributed by atoms with E-state index >= 15 is 0 Å². The highest BCUT2D eigenvalue weighted by Crippen LogP contribution is 2.27. The molecule has 0 radical (unpaired) electrons. The number of carboxylic acid groups (broad SMARTS) is 1. The number of rotatable bonds is 4. The second-order valence-electron chi connectivity index (χ2n) is 4.01. The Balaban J connectivity index is 2.83. The predicted molar refractivity (Wildman–Crippen MR) is 56.9 cm³/mol. The molecule has 0 unspecified atom stereocenters. The standard InChI is InChI=1S/C10H12F3N3O2/c1-5(2)8(9(17)18)14-7-4-3-6(15-16-7)10(11,12)13/h3-5,8H,1-2H3,(H,14,16)(H,17,18)/t8-/m1/s1.